The minimum absolute atomic E-state index is 0.120. The van der Waals surface area contributed by atoms with Crippen molar-refractivity contribution in [1.29, 1.82) is 0 Å². The van der Waals surface area contributed by atoms with Crippen molar-refractivity contribution in [3.05, 3.63) is 21.1 Å². The molecular formula is C13H21N3O3S. The van der Waals surface area contributed by atoms with Crippen molar-refractivity contribution in [2.24, 2.45) is 0 Å². The van der Waals surface area contributed by atoms with Gasteiger partial charge in [-0.3, -0.25) is 10.1 Å². The number of aliphatic hydroxyl groups excluding tert-OH is 1. The van der Waals surface area contributed by atoms with E-state index in [2.05, 4.69) is 23.9 Å². The second-order valence-electron chi connectivity index (χ2n) is 5.45. The van der Waals surface area contributed by atoms with Crippen LogP contribution in [-0.2, 0) is 0 Å². The van der Waals surface area contributed by atoms with Crippen LogP contribution in [0.4, 0.5) is 10.7 Å². The first-order chi connectivity index (χ1) is 9.40. The number of anilines is 1. The Morgan fingerprint density at radius 3 is 2.55 bits per heavy atom. The zero-order valence-electron chi connectivity index (χ0n) is 12.1. The molecule has 1 N–H and O–H groups in total. The lowest BCUT2D eigenvalue weighted by Crippen LogP contribution is -2.41. The van der Waals surface area contributed by atoms with Gasteiger partial charge in [0, 0.05) is 30.1 Å². The van der Waals surface area contributed by atoms with Crippen molar-refractivity contribution in [1.82, 2.24) is 4.90 Å². The van der Waals surface area contributed by atoms with Gasteiger partial charge in [-0.1, -0.05) is 0 Å². The molecule has 0 saturated carbocycles. The average molecular weight is 299 g/mol. The van der Waals surface area contributed by atoms with Crippen LogP contribution in [0.1, 0.15) is 30.7 Å². The lowest BCUT2D eigenvalue weighted by atomic mass is 10.0. The fourth-order valence-electron chi connectivity index (χ4n) is 2.54. The second kappa shape index (κ2) is 6.07. The fourth-order valence-corrected chi connectivity index (χ4v) is 3.65. The van der Waals surface area contributed by atoms with E-state index in [-0.39, 0.29) is 10.6 Å². The van der Waals surface area contributed by atoms with Crippen molar-refractivity contribution in [3.63, 3.8) is 0 Å². The van der Waals surface area contributed by atoms with Gasteiger partial charge in [-0.2, -0.15) is 0 Å². The number of hydrogen-bond donors (Lipinski definition) is 1. The van der Waals surface area contributed by atoms with Crippen molar-refractivity contribution >= 4 is 22.0 Å². The summed E-state index contributed by atoms with van der Waals surface area (Å²) in [5, 5.41) is 21.5. The van der Waals surface area contributed by atoms with Crippen LogP contribution < -0.4 is 4.90 Å². The van der Waals surface area contributed by atoms with E-state index in [1.54, 1.807) is 6.92 Å². The Labute approximate surface area is 122 Å². The van der Waals surface area contributed by atoms with Gasteiger partial charge >= 0.3 is 5.69 Å². The van der Waals surface area contributed by atoms with Gasteiger partial charge in [-0.15, -0.1) is 11.3 Å². The van der Waals surface area contributed by atoms with Gasteiger partial charge in [0.1, 0.15) is 0 Å². The van der Waals surface area contributed by atoms with Crippen molar-refractivity contribution in [2.75, 3.05) is 32.1 Å². The molecule has 2 heterocycles. The maximum Gasteiger partial charge on any atom is 0.304 e. The predicted molar refractivity (Wildman–Crippen MR) is 80.5 cm³/mol. The zero-order valence-corrected chi connectivity index (χ0v) is 12.9. The third kappa shape index (κ3) is 3.11. The molecule has 6 nitrogen and oxygen atoms in total. The summed E-state index contributed by atoms with van der Waals surface area (Å²) in [5.41, 5.74) is 0.120. The van der Waals surface area contributed by atoms with E-state index in [1.807, 2.05) is 0 Å². The van der Waals surface area contributed by atoms with Gasteiger partial charge < -0.3 is 14.9 Å². The Bertz CT molecular complexity index is 479. The molecule has 1 fully saturated rings. The number of thiophene rings is 1. The minimum atomic E-state index is -0.660. The molecule has 0 radical (unpaired) electrons. The molecule has 112 valence electrons. The summed E-state index contributed by atoms with van der Waals surface area (Å²) in [6, 6.07) is 2.05. The molecule has 0 aliphatic carbocycles. The minimum Gasteiger partial charge on any atom is -0.388 e. The number of rotatable bonds is 4. The van der Waals surface area contributed by atoms with Crippen LogP contribution >= 0.6 is 11.3 Å². The number of piperidine rings is 1. The molecule has 1 saturated heterocycles. The van der Waals surface area contributed by atoms with Crippen LogP contribution in [0.3, 0.4) is 0 Å². The monoisotopic (exact) mass is 299 g/mol. The van der Waals surface area contributed by atoms with Gasteiger partial charge in [0.25, 0.3) is 0 Å². The average Bonchev–Trinajstić information content (AvgIpc) is 2.84. The molecule has 1 aliphatic heterocycles. The van der Waals surface area contributed by atoms with Crippen LogP contribution in [0.5, 0.6) is 0 Å². The lowest BCUT2D eigenvalue weighted by molar-refractivity contribution is -0.383. The molecule has 1 aromatic rings. The normalized spacial score (nSPS) is 18.6. The van der Waals surface area contributed by atoms with Crippen molar-refractivity contribution < 1.29 is 10.0 Å². The Morgan fingerprint density at radius 1 is 1.50 bits per heavy atom. The molecule has 0 amide bonds. The summed E-state index contributed by atoms with van der Waals surface area (Å²) >= 11 is 1.33. The van der Waals surface area contributed by atoms with Crippen LogP contribution in [-0.4, -0.2) is 48.2 Å². The van der Waals surface area contributed by atoms with E-state index in [0.29, 0.717) is 15.9 Å². The molecule has 2 rings (SSSR count). The summed E-state index contributed by atoms with van der Waals surface area (Å²) in [5.74, 6) is 0. The Kier molecular flexibility index (Phi) is 4.62. The summed E-state index contributed by atoms with van der Waals surface area (Å²) in [6.45, 7) is 3.28. The van der Waals surface area contributed by atoms with E-state index >= 15 is 0 Å². The zero-order chi connectivity index (χ0) is 14.9. The predicted octanol–water partition coefficient (Wildman–Crippen LogP) is 2.24. The van der Waals surface area contributed by atoms with E-state index in [4.69, 9.17) is 0 Å². The summed E-state index contributed by atoms with van der Waals surface area (Å²) in [7, 11) is 4.14. The molecule has 0 unspecified atom stereocenters. The SMILES string of the molecule is C[C@H](O)c1cc([N+](=O)[O-])c(N2CCC(N(C)C)CC2)s1. The number of nitro groups is 1. The molecule has 1 atom stereocenters. The van der Waals surface area contributed by atoms with E-state index in [0.717, 1.165) is 25.9 Å². The van der Waals surface area contributed by atoms with Gasteiger partial charge in [0.2, 0.25) is 0 Å². The van der Waals surface area contributed by atoms with Gasteiger partial charge in [-0.25, -0.2) is 0 Å². The topological polar surface area (TPSA) is 69.8 Å². The molecule has 1 aromatic heterocycles. The molecule has 0 aromatic carbocycles. The lowest BCUT2D eigenvalue weighted by Gasteiger charge is -2.35. The molecule has 0 spiro atoms. The van der Waals surface area contributed by atoms with E-state index < -0.39 is 6.10 Å². The molecule has 7 heteroatoms. The van der Waals surface area contributed by atoms with E-state index in [9.17, 15) is 15.2 Å². The second-order valence-corrected chi connectivity index (χ2v) is 6.52. The quantitative estimate of drug-likeness (QED) is 0.682. The first-order valence-electron chi connectivity index (χ1n) is 6.77. The number of aliphatic hydroxyl groups is 1. The molecule has 0 bridgehead atoms. The summed E-state index contributed by atoms with van der Waals surface area (Å²) < 4.78 is 0. The molecular weight excluding hydrogens is 278 g/mol. The third-order valence-corrected chi connectivity index (χ3v) is 5.16. The number of nitrogens with zero attached hydrogens (tertiary/aromatic N) is 3. The van der Waals surface area contributed by atoms with Crippen LogP contribution in [0, 0.1) is 10.1 Å². The van der Waals surface area contributed by atoms with E-state index in [1.165, 1.54) is 17.4 Å². The largest absolute Gasteiger partial charge is 0.388 e. The summed E-state index contributed by atoms with van der Waals surface area (Å²) in [6.07, 6.45) is 1.35. The highest BCUT2D eigenvalue weighted by molar-refractivity contribution is 7.16. The molecule has 20 heavy (non-hydrogen) atoms. The highest BCUT2D eigenvalue weighted by Crippen LogP contribution is 2.41. The summed E-state index contributed by atoms with van der Waals surface area (Å²) in [4.78, 5) is 15.8. The highest BCUT2D eigenvalue weighted by Gasteiger charge is 2.29. The number of hydrogen-bond acceptors (Lipinski definition) is 6. The first kappa shape index (κ1) is 15.2. The smallest absolute Gasteiger partial charge is 0.304 e. The third-order valence-electron chi connectivity index (χ3n) is 3.80. The van der Waals surface area contributed by atoms with Gasteiger partial charge in [-0.05, 0) is 33.9 Å². The van der Waals surface area contributed by atoms with Crippen molar-refractivity contribution in [2.45, 2.75) is 31.9 Å². The highest BCUT2D eigenvalue weighted by atomic mass is 32.1. The standard InChI is InChI=1S/C13H21N3O3S/c1-9(17)12-8-11(16(18)19)13(20-12)15-6-4-10(5-7-15)14(2)3/h8-10,17H,4-7H2,1-3H3/t9-/m0/s1. The van der Waals surface area contributed by atoms with Gasteiger partial charge in [0.05, 0.1) is 11.0 Å². The maximum atomic E-state index is 11.2. The Morgan fingerprint density at radius 2 is 2.10 bits per heavy atom. The fraction of sp³-hybridized carbons (Fsp3) is 0.692. The Balaban J connectivity index is 2.18. The maximum absolute atomic E-state index is 11.2. The van der Waals surface area contributed by atoms with Crippen LogP contribution in [0.2, 0.25) is 0 Å². The van der Waals surface area contributed by atoms with Crippen LogP contribution in [0.25, 0.3) is 0 Å². The van der Waals surface area contributed by atoms with Gasteiger partial charge in [0.15, 0.2) is 5.00 Å². The molecule has 1 aliphatic rings. The Hall–Kier alpha value is -1.18. The van der Waals surface area contributed by atoms with Crippen molar-refractivity contribution in [3.8, 4) is 0 Å². The first-order valence-corrected chi connectivity index (χ1v) is 7.59. The van der Waals surface area contributed by atoms with Crippen LogP contribution in [0.15, 0.2) is 6.07 Å².